The minimum atomic E-state index is -4.97. The molecular formula is C90H176O17P2. The van der Waals surface area contributed by atoms with Gasteiger partial charge in [-0.15, -0.1) is 0 Å². The van der Waals surface area contributed by atoms with E-state index < -0.39 is 97.5 Å². The second-order valence-electron chi connectivity index (χ2n) is 33.1. The topological polar surface area (TPSA) is 237 Å². The summed E-state index contributed by atoms with van der Waals surface area (Å²) in [6, 6.07) is 0. The standard InChI is InChI=1S/C90H176O17P2/c1-7-10-12-14-16-18-20-22-24-26-28-33-37-41-45-49-53-60-66-72-87(92)100-78-85(106-89(94)74-68-62-55-51-47-43-39-35-31-30-32-36-40-44-48-52-59-65-71-83(6)9-3)80-104-108(96,97)102-76-84(91)77-103-109(98,99)105-81-86(79-101-88(93)73-67-61-57-56-58-64-70-82(4)5)107-90(95)75-69-63-54-50-46-42-38-34-29-27-25-23-21-19-17-15-13-11-8-2/h82-86,91H,7-81H2,1-6H3,(H,96,97)(H,98,99)/t83?,84-,85-,86-/m1/s1. The molecule has 0 aromatic carbocycles. The summed E-state index contributed by atoms with van der Waals surface area (Å²) in [5, 5.41) is 10.7. The molecule has 0 aliphatic carbocycles. The van der Waals surface area contributed by atoms with E-state index in [1.807, 2.05) is 0 Å². The van der Waals surface area contributed by atoms with Gasteiger partial charge in [0.05, 0.1) is 26.4 Å². The van der Waals surface area contributed by atoms with Gasteiger partial charge in [-0.1, -0.05) is 433 Å². The van der Waals surface area contributed by atoms with Crippen LogP contribution >= 0.6 is 15.6 Å². The van der Waals surface area contributed by atoms with E-state index in [1.165, 1.54) is 295 Å². The van der Waals surface area contributed by atoms with Gasteiger partial charge < -0.3 is 33.8 Å². The molecule has 6 atom stereocenters. The molecule has 0 saturated heterocycles. The van der Waals surface area contributed by atoms with Gasteiger partial charge in [0, 0.05) is 25.7 Å². The molecule has 3 N–H and O–H groups in total. The Bertz CT molecular complexity index is 2080. The zero-order chi connectivity index (χ0) is 79.9. The molecule has 3 unspecified atom stereocenters. The molecule has 0 aliphatic rings. The normalized spacial score (nSPS) is 14.0. The van der Waals surface area contributed by atoms with Gasteiger partial charge in [0.15, 0.2) is 12.2 Å². The summed E-state index contributed by atoms with van der Waals surface area (Å²) in [6.45, 7) is 9.68. The van der Waals surface area contributed by atoms with Crippen molar-refractivity contribution in [2.45, 2.75) is 503 Å². The Labute approximate surface area is 670 Å². The molecule has 0 fully saturated rings. The van der Waals surface area contributed by atoms with Crippen LogP contribution in [0.5, 0.6) is 0 Å². The number of phosphoric acid groups is 2. The van der Waals surface area contributed by atoms with E-state index >= 15 is 0 Å². The Morgan fingerprint density at radius 1 is 0.266 bits per heavy atom. The number of ether oxygens (including phenoxy) is 4. The molecule has 19 heteroatoms. The van der Waals surface area contributed by atoms with Crippen molar-refractivity contribution in [3.8, 4) is 0 Å². The Morgan fingerprint density at radius 3 is 0.697 bits per heavy atom. The molecule has 109 heavy (non-hydrogen) atoms. The Morgan fingerprint density at radius 2 is 0.468 bits per heavy atom. The van der Waals surface area contributed by atoms with E-state index in [1.54, 1.807) is 0 Å². The summed E-state index contributed by atoms with van der Waals surface area (Å²) in [4.78, 5) is 73.3. The first-order valence-electron chi connectivity index (χ1n) is 46.5. The predicted octanol–water partition coefficient (Wildman–Crippen LogP) is 27.8. The fourth-order valence-electron chi connectivity index (χ4n) is 14.1. The van der Waals surface area contributed by atoms with Crippen molar-refractivity contribution < 1.29 is 80.2 Å². The zero-order valence-corrected chi connectivity index (χ0v) is 73.7. The van der Waals surface area contributed by atoms with Crippen LogP contribution in [0.4, 0.5) is 0 Å². The largest absolute Gasteiger partial charge is 0.472 e. The highest BCUT2D eigenvalue weighted by Gasteiger charge is 2.31. The van der Waals surface area contributed by atoms with E-state index in [4.69, 9.17) is 37.0 Å². The molecule has 0 aromatic heterocycles. The molecule has 17 nitrogen and oxygen atoms in total. The Hall–Kier alpha value is -1.94. The number of esters is 4. The van der Waals surface area contributed by atoms with Crippen LogP contribution in [-0.2, 0) is 65.4 Å². The quantitative estimate of drug-likeness (QED) is 0.0222. The zero-order valence-electron chi connectivity index (χ0n) is 71.9. The van der Waals surface area contributed by atoms with E-state index in [0.717, 1.165) is 102 Å². The molecule has 0 rings (SSSR count). The molecule has 0 bridgehead atoms. The number of unbranched alkanes of at least 4 members (excludes halogenated alkanes) is 58. The summed E-state index contributed by atoms with van der Waals surface area (Å²) in [5.41, 5.74) is 0. The third-order valence-electron chi connectivity index (χ3n) is 21.6. The van der Waals surface area contributed by atoms with Crippen LogP contribution in [0.3, 0.4) is 0 Å². The molecule has 0 amide bonds. The molecule has 0 radical (unpaired) electrons. The van der Waals surface area contributed by atoms with Crippen LogP contribution in [-0.4, -0.2) is 96.7 Å². The van der Waals surface area contributed by atoms with Crippen molar-refractivity contribution in [1.29, 1.82) is 0 Å². The van der Waals surface area contributed by atoms with Gasteiger partial charge in [-0.3, -0.25) is 37.3 Å². The van der Waals surface area contributed by atoms with Crippen molar-refractivity contribution in [2.75, 3.05) is 39.6 Å². The second kappa shape index (κ2) is 81.2. The van der Waals surface area contributed by atoms with Gasteiger partial charge in [0.25, 0.3) is 0 Å². The van der Waals surface area contributed by atoms with Crippen LogP contribution in [0.15, 0.2) is 0 Å². The number of hydrogen-bond donors (Lipinski definition) is 3. The van der Waals surface area contributed by atoms with Crippen molar-refractivity contribution >= 4 is 39.5 Å². The molecule has 648 valence electrons. The van der Waals surface area contributed by atoms with E-state index in [2.05, 4.69) is 41.5 Å². The number of carbonyl (C=O) groups excluding carboxylic acids is 4. The van der Waals surface area contributed by atoms with Crippen LogP contribution in [0.2, 0.25) is 0 Å². The van der Waals surface area contributed by atoms with E-state index in [0.29, 0.717) is 31.6 Å². The fourth-order valence-corrected chi connectivity index (χ4v) is 15.7. The highest BCUT2D eigenvalue weighted by molar-refractivity contribution is 7.47. The van der Waals surface area contributed by atoms with Crippen molar-refractivity contribution in [1.82, 2.24) is 0 Å². The minimum Gasteiger partial charge on any atom is -0.462 e. The van der Waals surface area contributed by atoms with Gasteiger partial charge in [-0.2, -0.15) is 0 Å². The first-order chi connectivity index (χ1) is 52.9. The summed E-state index contributed by atoms with van der Waals surface area (Å²) >= 11 is 0. The van der Waals surface area contributed by atoms with Crippen LogP contribution < -0.4 is 0 Å². The maximum Gasteiger partial charge on any atom is 0.472 e. The average molecular weight is 1590 g/mol. The lowest BCUT2D eigenvalue weighted by Crippen LogP contribution is -2.30. The highest BCUT2D eigenvalue weighted by atomic mass is 31.2. The van der Waals surface area contributed by atoms with Crippen molar-refractivity contribution in [2.24, 2.45) is 11.8 Å². The van der Waals surface area contributed by atoms with Gasteiger partial charge >= 0.3 is 39.5 Å². The number of hydrogen-bond acceptors (Lipinski definition) is 15. The SMILES string of the molecule is CCCCCCCCCCCCCCCCCCCCCC(=O)OC[C@H](COP(=O)(O)OC[C@@H](O)COP(=O)(O)OC[C@@H](COC(=O)CCCCCCCCC(C)C)OC(=O)CCCCCCCCCCCCCCCCCCCCC)OC(=O)CCCCCCCCCCCCCCCCCCCCC(C)CC. The van der Waals surface area contributed by atoms with Crippen LogP contribution in [0.25, 0.3) is 0 Å². The van der Waals surface area contributed by atoms with E-state index in [9.17, 15) is 43.2 Å². The van der Waals surface area contributed by atoms with E-state index in [-0.39, 0.29) is 25.7 Å². The van der Waals surface area contributed by atoms with Crippen LogP contribution in [0.1, 0.15) is 485 Å². The number of aliphatic hydroxyl groups excluding tert-OH is 1. The van der Waals surface area contributed by atoms with Gasteiger partial charge in [0.2, 0.25) is 0 Å². The number of carbonyl (C=O) groups is 4. The second-order valence-corrected chi connectivity index (χ2v) is 36.0. The molecule has 0 aliphatic heterocycles. The summed E-state index contributed by atoms with van der Waals surface area (Å²) < 4.78 is 69.0. The lowest BCUT2D eigenvalue weighted by molar-refractivity contribution is -0.161. The van der Waals surface area contributed by atoms with Gasteiger partial charge in [0.1, 0.15) is 19.3 Å². The molecule has 0 saturated carbocycles. The maximum atomic E-state index is 13.2. The van der Waals surface area contributed by atoms with Gasteiger partial charge in [-0.05, 0) is 37.5 Å². The number of rotatable bonds is 89. The van der Waals surface area contributed by atoms with Crippen molar-refractivity contribution in [3.63, 3.8) is 0 Å². The summed E-state index contributed by atoms with van der Waals surface area (Å²) in [5.74, 6) is -0.550. The lowest BCUT2D eigenvalue weighted by atomic mass is 9.99. The molecule has 0 heterocycles. The molecule has 0 spiro atoms. The maximum absolute atomic E-state index is 13.2. The fraction of sp³-hybridized carbons (Fsp3) is 0.956. The number of aliphatic hydroxyl groups is 1. The van der Waals surface area contributed by atoms with Crippen LogP contribution in [0, 0.1) is 11.8 Å². The first-order valence-corrected chi connectivity index (χ1v) is 49.5. The smallest absolute Gasteiger partial charge is 0.462 e. The average Bonchev–Trinajstić information content (AvgIpc) is 0.904. The molecule has 0 aromatic rings. The third-order valence-corrected chi connectivity index (χ3v) is 23.5. The third kappa shape index (κ3) is 82.4. The predicted molar refractivity (Wildman–Crippen MR) is 451 cm³/mol. The Balaban J connectivity index is 5.20. The summed E-state index contributed by atoms with van der Waals surface area (Å²) in [7, 11) is -9.93. The monoisotopic (exact) mass is 1590 g/mol. The highest BCUT2D eigenvalue weighted by Crippen LogP contribution is 2.45. The summed E-state index contributed by atoms with van der Waals surface area (Å²) in [6.07, 6.45) is 75.3. The Kier molecular flexibility index (Phi) is 79.8. The molecular weight excluding hydrogens is 1410 g/mol. The number of phosphoric ester groups is 2. The lowest BCUT2D eigenvalue weighted by Gasteiger charge is -2.21. The van der Waals surface area contributed by atoms with Gasteiger partial charge in [-0.25, -0.2) is 9.13 Å². The van der Waals surface area contributed by atoms with Crippen molar-refractivity contribution in [3.05, 3.63) is 0 Å². The minimum absolute atomic E-state index is 0.108. The first kappa shape index (κ1) is 107.